The van der Waals surface area contributed by atoms with Crippen molar-refractivity contribution >= 4 is 23.5 Å². The topological polar surface area (TPSA) is 55.6 Å². The highest BCUT2D eigenvalue weighted by molar-refractivity contribution is 7.12. The number of hydrogen-bond acceptors (Lipinski definition) is 6. The molecule has 2 aromatic rings. The minimum absolute atomic E-state index is 0.380. The summed E-state index contributed by atoms with van der Waals surface area (Å²) in [7, 11) is 3.75. The minimum atomic E-state index is -0.380. The van der Waals surface area contributed by atoms with Crippen LogP contribution in [0.1, 0.15) is 15.2 Å². The van der Waals surface area contributed by atoms with Gasteiger partial charge in [-0.2, -0.15) is 5.10 Å². The largest absolute Gasteiger partial charge is 0.493 e. The summed E-state index contributed by atoms with van der Waals surface area (Å²) in [5.41, 5.74) is 0.902. The molecule has 25 heavy (non-hydrogen) atoms. The molecule has 0 saturated carbocycles. The normalized spacial score (nSPS) is 15.5. The zero-order valence-corrected chi connectivity index (χ0v) is 15.2. The molecule has 7 heteroatoms. The number of nitrogens with zero attached hydrogens (tertiary/aromatic N) is 2. The molecule has 1 saturated heterocycles. The summed E-state index contributed by atoms with van der Waals surface area (Å²) in [5.74, 6) is 0.535. The average molecular weight is 360 g/mol. The number of carbonyl (C=O) groups is 1. The van der Waals surface area contributed by atoms with Crippen LogP contribution in [-0.2, 0) is 0 Å². The molecule has 3 rings (SSSR count). The first-order valence-electron chi connectivity index (χ1n) is 8.19. The van der Waals surface area contributed by atoms with Crippen LogP contribution in [0.5, 0.6) is 11.5 Å². The van der Waals surface area contributed by atoms with Gasteiger partial charge in [-0.3, -0.25) is 5.01 Å². The molecule has 2 heterocycles. The number of piperazine rings is 1. The Morgan fingerprint density at radius 1 is 1.28 bits per heavy atom. The van der Waals surface area contributed by atoms with E-state index in [1.165, 1.54) is 16.2 Å². The van der Waals surface area contributed by atoms with E-state index in [0.717, 1.165) is 31.7 Å². The minimum Gasteiger partial charge on any atom is -0.493 e. The van der Waals surface area contributed by atoms with Crippen molar-refractivity contribution in [3.8, 4) is 11.5 Å². The van der Waals surface area contributed by atoms with E-state index in [1.54, 1.807) is 19.2 Å². The van der Waals surface area contributed by atoms with Crippen LogP contribution in [0.2, 0.25) is 0 Å². The highest BCUT2D eigenvalue weighted by Gasteiger charge is 2.15. The lowest BCUT2D eigenvalue weighted by atomic mass is 10.2. The standard InChI is InChI=1S/C18H21N3O3S/c1-20-7-9-21(10-8-20)19-13-14-5-6-15(16(12-14)23-2)24-18(22)17-4-3-11-25-17/h3-6,11-13H,7-10H2,1-2H3/p+1/b19-13-. The Hall–Kier alpha value is -2.38. The fourth-order valence-corrected chi connectivity index (χ4v) is 3.13. The number of likely N-dealkylation sites (N-methyl/N-ethyl adjacent to an activating group) is 1. The number of nitrogens with one attached hydrogen (secondary N) is 1. The van der Waals surface area contributed by atoms with E-state index in [1.807, 2.05) is 29.8 Å². The molecule has 0 aliphatic carbocycles. The van der Waals surface area contributed by atoms with Gasteiger partial charge >= 0.3 is 5.97 Å². The lowest BCUT2D eigenvalue weighted by Crippen LogP contribution is -3.11. The zero-order chi connectivity index (χ0) is 17.6. The predicted molar refractivity (Wildman–Crippen MR) is 98.1 cm³/mol. The van der Waals surface area contributed by atoms with Crippen LogP contribution in [0.3, 0.4) is 0 Å². The number of carbonyl (C=O) groups excluding carboxylic acids is 1. The summed E-state index contributed by atoms with van der Waals surface area (Å²) >= 11 is 1.35. The Bertz CT molecular complexity index is 738. The lowest BCUT2D eigenvalue weighted by molar-refractivity contribution is -0.884. The third kappa shape index (κ3) is 4.58. The van der Waals surface area contributed by atoms with Crippen LogP contribution in [-0.4, -0.2) is 57.5 Å². The SMILES string of the molecule is COc1cc(/C=N\N2CC[NH+](C)CC2)ccc1OC(=O)c1cccs1. The zero-order valence-electron chi connectivity index (χ0n) is 14.4. The van der Waals surface area contributed by atoms with Crippen molar-refractivity contribution in [3.63, 3.8) is 0 Å². The second-order valence-electron chi connectivity index (χ2n) is 5.93. The number of hydrogen-bond donors (Lipinski definition) is 1. The van der Waals surface area contributed by atoms with Gasteiger partial charge in [0.25, 0.3) is 0 Å². The molecule has 1 aliphatic rings. The molecule has 1 aromatic heterocycles. The molecule has 6 nitrogen and oxygen atoms in total. The number of hydrazone groups is 1. The second kappa shape index (κ2) is 8.13. The summed E-state index contributed by atoms with van der Waals surface area (Å²) in [6.07, 6.45) is 1.81. The molecule has 0 amide bonds. The van der Waals surface area contributed by atoms with Crippen LogP contribution < -0.4 is 14.4 Å². The van der Waals surface area contributed by atoms with Crippen molar-refractivity contribution in [1.29, 1.82) is 0 Å². The maximum atomic E-state index is 12.1. The Morgan fingerprint density at radius 2 is 2.08 bits per heavy atom. The van der Waals surface area contributed by atoms with Gasteiger partial charge in [-0.15, -0.1) is 11.3 Å². The molecule has 1 fully saturated rings. The molecular formula is C18H22N3O3S+. The number of benzene rings is 1. The molecule has 0 bridgehead atoms. The first-order valence-corrected chi connectivity index (χ1v) is 9.07. The van der Waals surface area contributed by atoms with Gasteiger partial charge in [0.05, 0.1) is 46.6 Å². The quantitative estimate of drug-likeness (QED) is 0.494. The highest BCUT2D eigenvalue weighted by Crippen LogP contribution is 2.28. The summed E-state index contributed by atoms with van der Waals surface area (Å²) in [4.78, 5) is 14.2. The van der Waals surface area contributed by atoms with Gasteiger partial charge in [0.1, 0.15) is 4.88 Å². The van der Waals surface area contributed by atoms with E-state index < -0.39 is 0 Å². The number of methoxy groups -OCH3 is 1. The average Bonchev–Trinajstić information content (AvgIpc) is 3.17. The first-order chi connectivity index (χ1) is 12.2. The van der Waals surface area contributed by atoms with Crippen LogP contribution in [0.25, 0.3) is 0 Å². The van der Waals surface area contributed by atoms with Gasteiger partial charge in [0, 0.05) is 0 Å². The third-order valence-corrected chi connectivity index (χ3v) is 4.93. The van der Waals surface area contributed by atoms with E-state index >= 15 is 0 Å². The molecule has 0 radical (unpaired) electrons. The first kappa shape index (κ1) is 17.4. The summed E-state index contributed by atoms with van der Waals surface area (Å²) in [6.45, 7) is 4.10. The van der Waals surface area contributed by atoms with Crippen LogP contribution in [0, 0.1) is 0 Å². The van der Waals surface area contributed by atoms with Gasteiger partial charge < -0.3 is 14.4 Å². The fraction of sp³-hybridized carbons (Fsp3) is 0.333. The second-order valence-corrected chi connectivity index (χ2v) is 6.88. The predicted octanol–water partition coefficient (Wildman–Crippen LogP) is 1.14. The van der Waals surface area contributed by atoms with E-state index in [0.29, 0.717) is 16.4 Å². The summed E-state index contributed by atoms with van der Waals surface area (Å²) in [5, 5.41) is 8.44. The maximum Gasteiger partial charge on any atom is 0.353 e. The third-order valence-electron chi connectivity index (χ3n) is 4.08. The van der Waals surface area contributed by atoms with E-state index in [9.17, 15) is 4.79 Å². The van der Waals surface area contributed by atoms with E-state index in [-0.39, 0.29) is 5.97 Å². The molecule has 0 unspecified atom stereocenters. The van der Waals surface area contributed by atoms with E-state index in [4.69, 9.17) is 9.47 Å². The van der Waals surface area contributed by atoms with Gasteiger partial charge in [-0.05, 0) is 35.2 Å². The van der Waals surface area contributed by atoms with Crippen molar-refractivity contribution in [3.05, 3.63) is 46.2 Å². The monoisotopic (exact) mass is 360 g/mol. The summed E-state index contributed by atoms with van der Waals surface area (Å²) < 4.78 is 10.8. The van der Waals surface area contributed by atoms with Crippen molar-refractivity contribution < 1.29 is 19.2 Å². The Balaban J connectivity index is 1.68. The van der Waals surface area contributed by atoms with Crippen LogP contribution in [0.15, 0.2) is 40.8 Å². The molecule has 132 valence electrons. The lowest BCUT2D eigenvalue weighted by Gasteiger charge is -2.27. The van der Waals surface area contributed by atoms with Crippen molar-refractivity contribution in [2.45, 2.75) is 0 Å². The Labute approximate surface area is 151 Å². The fourth-order valence-electron chi connectivity index (χ4n) is 2.53. The number of thiophene rings is 1. The van der Waals surface area contributed by atoms with E-state index in [2.05, 4.69) is 17.2 Å². The smallest absolute Gasteiger partial charge is 0.353 e. The van der Waals surface area contributed by atoms with Crippen LogP contribution >= 0.6 is 11.3 Å². The Kier molecular flexibility index (Phi) is 5.67. The molecule has 0 spiro atoms. The number of esters is 1. The van der Waals surface area contributed by atoms with Gasteiger partial charge in [-0.25, -0.2) is 4.79 Å². The molecule has 0 atom stereocenters. The van der Waals surface area contributed by atoms with Gasteiger partial charge in [-0.1, -0.05) is 6.07 Å². The molecule has 1 aliphatic heterocycles. The van der Waals surface area contributed by atoms with Crippen LogP contribution in [0.4, 0.5) is 0 Å². The molecular weight excluding hydrogens is 338 g/mol. The van der Waals surface area contributed by atoms with Crippen molar-refractivity contribution in [2.24, 2.45) is 5.10 Å². The van der Waals surface area contributed by atoms with Crippen molar-refractivity contribution in [2.75, 3.05) is 40.3 Å². The molecule has 1 aromatic carbocycles. The molecule has 1 N–H and O–H groups in total. The number of quaternary nitrogens is 1. The number of ether oxygens (including phenoxy) is 2. The highest BCUT2D eigenvalue weighted by atomic mass is 32.1. The Morgan fingerprint density at radius 3 is 2.76 bits per heavy atom. The summed E-state index contributed by atoms with van der Waals surface area (Å²) in [6, 6.07) is 8.97. The van der Waals surface area contributed by atoms with Crippen molar-refractivity contribution in [1.82, 2.24) is 5.01 Å². The maximum absolute atomic E-state index is 12.1. The number of rotatable bonds is 5. The van der Waals surface area contributed by atoms with Gasteiger partial charge in [0.2, 0.25) is 0 Å². The van der Waals surface area contributed by atoms with Gasteiger partial charge in [0.15, 0.2) is 11.5 Å².